The van der Waals surface area contributed by atoms with Gasteiger partial charge >= 0.3 is 0 Å². The number of aliphatic hydroxyl groups excluding tert-OH is 1. The number of rotatable bonds is 4. The smallest absolute Gasteiger partial charge is 0.276 e. The van der Waals surface area contributed by atoms with Crippen LogP contribution in [0.3, 0.4) is 0 Å². The van der Waals surface area contributed by atoms with E-state index in [4.69, 9.17) is 14.3 Å². The summed E-state index contributed by atoms with van der Waals surface area (Å²) in [6.07, 6.45) is 0.626. The van der Waals surface area contributed by atoms with Crippen molar-refractivity contribution in [2.24, 2.45) is 0 Å². The van der Waals surface area contributed by atoms with Crippen LogP contribution in [-0.4, -0.2) is 44.1 Å². The van der Waals surface area contributed by atoms with Gasteiger partial charge in [0.15, 0.2) is 0 Å². The minimum absolute atomic E-state index is 0.0583. The molecule has 2 heterocycles. The van der Waals surface area contributed by atoms with Crippen LogP contribution in [0, 0.1) is 0 Å². The topological polar surface area (TPSA) is 80.0 Å². The van der Waals surface area contributed by atoms with E-state index in [9.17, 15) is 8.42 Å². The lowest BCUT2D eigenvalue weighted by atomic mass is 10.3. The van der Waals surface area contributed by atoms with Gasteiger partial charge in [-0.1, -0.05) is 0 Å². The fraction of sp³-hybridized carbons (Fsp3) is 0.600. The van der Waals surface area contributed by atoms with E-state index in [-0.39, 0.29) is 23.6 Å². The Morgan fingerprint density at radius 2 is 2.35 bits per heavy atom. The third-order valence-corrected chi connectivity index (χ3v) is 4.57. The van der Waals surface area contributed by atoms with E-state index in [1.807, 2.05) is 0 Å². The molecule has 6 nitrogen and oxygen atoms in total. The molecule has 0 radical (unpaired) electrons. The van der Waals surface area contributed by atoms with Crippen LogP contribution >= 0.6 is 0 Å². The number of hydrogen-bond donors (Lipinski definition) is 1. The lowest BCUT2D eigenvalue weighted by Gasteiger charge is -2.13. The Morgan fingerprint density at radius 1 is 1.59 bits per heavy atom. The second-order valence-electron chi connectivity index (χ2n) is 3.89. The Labute approximate surface area is 99.8 Å². The summed E-state index contributed by atoms with van der Waals surface area (Å²) in [5, 5.41) is 8.71. The van der Waals surface area contributed by atoms with Gasteiger partial charge in [-0.15, -0.1) is 0 Å². The standard InChI is InChI=1S/C10H15NO5S/c1-15-8-4-5-11(6-8)17(13,14)10-3-2-9(7-12)16-10/h2-3,8,12H,4-7H2,1H3. The summed E-state index contributed by atoms with van der Waals surface area (Å²) in [6, 6.07) is 2.82. The number of aliphatic hydroxyl groups is 1. The Hall–Kier alpha value is -0.890. The highest BCUT2D eigenvalue weighted by molar-refractivity contribution is 7.89. The number of hydrogen-bond acceptors (Lipinski definition) is 5. The third kappa shape index (κ3) is 2.37. The SMILES string of the molecule is COC1CCN(S(=O)(=O)c2ccc(CO)o2)C1. The number of ether oxygens (including phenoxy) is 1. The summed E-state index contributed by atoms with van der Waals surface area (Å²) in [5.41, 5.74) is 0. The van der Waals surface area contributed by atoms with Crippen LogP contribution in [-0.2, 0) is 21.4 Å². The molecule has 1 unspecified atom stereocenters. The van der Waals surface area contributed by atoms with Crippen molar-refractivity contribution in [1.29, 1.82) is 0 Å². The molecule has 0 aliphatic carbocycles. The first kappa shape index (κ1) is 12.6. The van der Waals surface area contributed by atoms with Crippen molar-refractivity contribution in [3.8, 4) is 0 Å². The predicted octanol–water partition coefficient (Wildman–Crippen LogP) is 0.181. The van der Waals surface area contributed by atoms with Gasteiger partial charge < -0.3 is 14.3 Å². The number of methoxy groups -OCH3 is 1. The van der Waals surface area contributed by atoms with Gasteiger partial charge in [0.25, 0.3) is 10.0 Å². The van der Waals surface area contributed by atoms with Crippen molar-refractivity contribution in [3.63, 3.8) is 0 Å². The summed E-state index contributed by atoms with van der Waals surface area (Å²) >= 11 is 0. The van der Waals surface area contributed by atoms with Crippen LogP contribution in [0.5, 0.6) is 0 Å². The Balaban J connectivity index is 2.19. The molecule has 1 fully saturated rings. The van der Waals surface area contributed by atoms with Crippen molar-refractivity contribution in [2.75, 3.05) is 20.2 Å². The molecule has 0 amide bonds. The fourth-order valence-electron chi connectivity index (χ4n) is 1.82. The van der Waals surface area contributed by atoms with Gasteiger partial charge in [0.2, 0.25) is 5.09 Å². The van der Waals surface area contributed by atoms with E-state index in [1.54, 1.807) is 7.11 Å². The second-order valence-corrected chi connectivity index (χ2v) is 5.76. The zero-order chi connectivity index (χ0) is 12.5. The third-order valence-electron chi connectivity index (χ3n) is 2.83. The maximum absolute atomic E-state index is 12.1. The molecule has 1 aromatic rings. The Bertz CT molecular complexity index is 481. The highest BCUT2D eigenvalue weighted by Gasteiger charge is 2.34. The first-order valence-corrected chi connectivity index (χ1v) is 6.74. The van der Waals surface area contributed by atoms with Crippen molar-refractivity contribution in [2.45, 2.75) is 24.2 Å². The molecular weight excluding hydrogens is 246 g/mol. The minimum atomic E-state index is -3.60. The first-order valence-electron chi connectivity index (χ1n) is 5.30. The van der Waals surface area contributed by atoms with Gasteiger partial charge in [-0.25, -0.2) is 8.42 Å². The summed E-state index contributed by atoms with van der Waals surface area (Å²) < 4.78 is 35.8. The summed E-state index contributed by atoms with van der Waals surface area (Å²) in [6.45, 7) is 0.459. The van der Waals surface area contributed by atoms with Crippen molar-refractivity contribution in [1.82, 2.24) is 4.31 Å². The molecule has 96 valence electrons. The molecule has 0 saturated carbocycles. The lowest BCUT2D eigenvalue weighted by molar-refractivity contribution is 0.115. The van der Waals surface area contributed by atoms with E-state index in [0.29, 0.717) is 19.5 Å². The molecule has 0 spiro atoms. The first-order chi connectivity index (χ1) is 8.07. The van der Waals surface area contributed by atoms with Crippen molar-refractivity contribution >= 4 is 10.0 Å². The van der Waals surface area contributed by atoms with Gasteiger partial charge in [0.05, 0.1) is 6.10 Å². The molecule has 1 aliphatic heterocycles. The highest BCUT2D eigenvalue weighted by atomic mass is 32.2. The van der Waals surface area contributed by atoms with Crippen LogP contribution in [0.15, 0.2) is 21.6 Å². The van der Waals surface area contributed by atoms with Crippen molar-refractivity contribution in [3.05, 3.63) is 17.9 Å². The zero-order valence-electron chi connectivity index (χ0n) is 9.50. The van der Waals surface area contributed by atoms with Gasteiger partial charge in [-0.05, 0) is 18.6 Å². The van der Waals surface area contributed by atoms with Crippen LogP contribution in [0.2, 0.25) is 0 Å². The minimum Gasteiger partial charge on any atom is -0.446 e. The average molecular weight is 261 g/mol. The van der Waals surface area contributed by atoms with Gasteiger partial charge in [0.1, 0.15) is 12.4 Å². The molecule has 0 aromatic carbocycles. The van der Waals surface area contributed by atoms with Crippen LogP contribution in [0.4, 0.5) is 0 Å². The van der Waals surface area contributed by atoms with Gasteiger partial charge in [0, 0.05) is 20.2 Å². The Kier molecular flexibility index (Phi) is 3.53. The number of furan rings is 1. The largest absolute Gasteiger partial charge is 0.446 e. The maximum Gasteiger partial charge on any atom is 0.276 e. The maximum atomic E-state index is 12.1. The number of nitrogens with zero attached hydrogens (tertiary/aromatic N) is 1. The zero-order valence-corrected chi connectivity index (χ0v) is 10.3. The molecule has 1 N–H and O–H groups in total. The lowest BCUT2D eigenvalue weighted by Crippen LogP contribution is -2.29. The molecule has 17 heavy (non-hydrogen) atoms. The fourth-order valence-corrected chi connectivity index (χ4v) is 3.23. The predicted molar refractivity (Wildman–Crippen MR) is 58.8 cm³/mol. The van der Waals surface area contributed by atoms with E-state index < -0.39 is 10.0 Å². The van der Waals surface area contributed by atoms with E-state index in [1.165, 1.54) is 16.4 Å². The molecule has 1 aromatic heterocycles. The van der Waals surface area contributed by atoms with E-state index in [0.717, 1.165) is 0 Å². The number of sulfonamides is 1. The average Bonchev–Trinajstić information content (AvgIpc) is 2.98. The monoisotopic (exact) mass is 261 g/mol. The molecule has 0 bridgehead atoms. The van der Waals surface area contributed by atoms with Gasteiger partial charge in [-0.2, -0.15) is 4.31 Å². The second kappa shape index (κ2) is 4.77. The van der Waals surface area contributed by atoms with Gasteiger partial charge in [-0.3, -0.25) is 0 Å². The summed E-state index contributed by atoms with van der Waals surface area (Å²) in [7, 11) is -2.03. The quantitative estimate of drug-likeness (QED) is 0.836. The molecule has 1 aliphatic rings. The molecule has 1 saturated heterocycles. The van der Waals surface area contributed by atoms with Crippen LogP contribution in [0.1, 0.15) is 12.2 Å². The normalized spacial score (nSPS) is 22.1. The summed E-state index contributed by atoms with van der Waals surface area (Å²) in [5.74, 6) is 0.242. The van der Waals surface area contributed by atoms with Crippen LogP contribution in [0.25, 0.3) is 0 Å². The molecule has 7 heteroatoms. The Morgan fingerprint density at radius 3 is 2.88 bits per heavy atom. The summed E-state index contributed by atoms with van der Waals surface area (Å²) in [4.78, 5) is 0. The highest BCUT2D eigenvalue weighted by Crippen LogP contribution is 2.23. The molecule has 1 atom stereocenters. The van der Waals surface area contributed by atoms with E-state index >= 15 is 0 Å². The van der Waals surface area contributed by atoms with Crippen LogP contribution < -0.4 is 0 Å². The molecular formula is C10H15NO5S. The van der Waals surface area contributed by atoms with Crippen molar-refractivity contribution < 1.29 is 22.7 Å². The molecule has 2 rings (SSSR count). The van der Waals surface area contributed by atoms with E-state index in [2.05, 4.69) is 0 Å².